The Morgan fingerprint density at radius 3 is 2.64 bits per heavy atom. The molecular formula is C25H25ClN4OS2. The molecule has 0 radical (unpaired) electrons. The molecule has 170 valence electrons. The van der Waals surface area contributed by atoms with E-state index in [2.05, 4.69) is 26.1 Å². The minimum atomic E-state index is 0.106. The van der Waals surface area contributed by atoms with E-state index in [1.54, 1.807) is 0 Å². The van der Waals surface area contributed by atoms with E-state index in [-0.39, 0.29) is 5.78 Å². The molecule has 0 saturated heterocycles. The number of aromatic nitrogens is 3. The topological polar surface area (TPSA) is 59.8 Å². The van der Waals surface area contributed by atoms with Gasteiger partial charge in [-0.25, -0.2) is 0 Å². The molecule has 2 aromatic heterocycles. The number of nitrogens with one attached hydrogen (secondary N) is 1. The Morgan fingerprint density at radius 2 is 1.88 bits per heavy atom. The van der Waals surface area contributed by atoms with E-state index >= 15 is 0 Å². The van der Waals surface area contributed by atoms with Gasteiger partial charge in [0, 0.05) is 34.2 Å². The summed E-state index contributed by atoms with van der Waals surface area (Å²) >= 11 is 8.86. The molecule has 0 saturated carbocycles. The van der Waals surface area contributed by atoms with Gasteiger partial charge in [-0.1, -0.05) is 59.0 Å². The third-order valence-corrected chi connectivity index (χ3v) is 7.64. The molecule has 0 bridgehead atoms. The SMILES string of the molecule is Cc1cccc(Nc2nnc(SCC(=O)c3cc(C)n(CCc4ccc(Cl)cc4)c3C)s2)c1. The lowest BCUT2D eigenvalue weighted by atomic mass is 10.1. The van der Waals surface area contributed by atoms with Crippen molar-refractivity contribution in [2.24, 2.45) is 0 Å². The lowest BCUT2D eigenvalue weighted by Crippen LogP contribution is -2.08. The van der Waals surface area contributed by atoms with Gasteiger partial charge in [-0.3, -0.25) is 4.79 Å². The van der Waals surface area contributed by atoms with Gasteiger partial charge in [-0.05, 0) is 68.7 Å². The molecule has 0 aliphatic heterocycles. The maximum atomic E-state index is 12.9. The number of benzene rings is 2. The largest absolute Gasteiger partial charge is 0.348 e. The van der Waals surface area contributed by atoms with E-state index in [1.165, 1.54) is 34.2 Å². The summed E-state index contributed by atoms with van der Waals surface area (Å²) in [5, 5.41) is 13.1. The standard InChI is InChI=1S/C25H25ClN4OS2/c1-16-5-4-6-21(13-16)27-24-28-29-25(33-24)32-15-23(31)22-14-17(2)30(18(22)3)12-11-19-7-9-20(26)10-8-19/h4-10,13-14H,11-12,15H2,1-3H3,(H,27,28). The third kappa shape index (κ3) is 6.05. The van der Waals surface area contributed by atoms with E-state index in [9.17, 15) is 4.79 Å². The highest BCUT2D eigenvalue weighted by Crippen LogP contribution is 2.29. The number of hydrogen-bond donors (Lipinski definition) is 1. The van der Waals surface area contributed by atoms with Crippen molar-refractivity contribution in [1.82, 2.24) is 14.8 Å². The van der Waals surface area contributed by atoms with Gasteiger partial charge in [0.1, 0.15) is 0 Å². The maximum absolute atomic E-state index is 12.9. The molecule has 4 rings (SSSR count). The van der Waals surface area contributed by atoms with Gasteiger partial charge in [0.2, 0.25) is 5.13 Å². The fourth-order valence-electron chi connectivity index (χ4n) is 3.69. The molecule has 8 heteroatoms. The Morgan fingerprint density at radius 1 is 1.09 bits per heavy atom. The van der Waals surface area contributed by atoms with E-state index in [4.69, 9.17) is 11.6 Å². The second-order valence-corrected chi connectivity index (χ2v) is 10.5. The zero-order valence-electron chi connectivity index (χ0n) is 18.8. The molecule has 0 aliphatic carbocycles. The van der Waals surface area contributed by atoms with Crippen LogP contribution < -0.4 is 5.32 Å². The quantitative estimate of drug-likeness (QED) is 0.202. The Balaban J connectivity index is 1.35. The van der Waals surface area contributed by atoms with Crippen molar-refractivity contribution < 1.29 is 4.79 Å². The Kier molecular flexibility index (Phi) is 7.53. The number of ketones is 1. The van der Waals surface area contributed by atoms with Crippen LogP contribution in [0.1, 0.15) is 32.9 Å². The minimum absolute atomic E-state index is 0.106. The van der Waals surface area contributed by atoms with Crippen LogP contribution in [0.2, 0.25) is 5.02 Å². The minimum Gasteiger partial charge on any atom is -0.348 e. The first-order valence-electron chi connectivity index (χ1n) is 10.6. The van der Waals surface area contributed by atoms with Crippen molar-refractivity contribution in [2.45, 2.75) is 38.1 Å². The van der Waals surface area contributed by atoms with E-state index in [0.717, 1.165) is 50.1 Å². The molecule has 0 atom stereocenters. The fraction of sp³-hybridized carbons (Fsp3) is 0.240. The molecule has 1 N–H and O–H groups in total. The van der Waals surface area contributed by atoms with Crippen molar-refractivity contribution in [3.63, 3.8) is 0 Å². The predicted molar refractivity (Wildman–Crippen MR) is 138 cm³/mol. The Labute approximate surface area is 207 Å². The second-order valence-electron chi connectivity index (χ2n) is 7.89. The average Bonchev–Trinajstić information content (AvgIpc) is 3.35. The molecule has 4 aromatic rings. The van der Waals surface area contributed by atoms with Gasteiger partial charge in [-0.2, -0.15) is 0 Å². The molecule has 0 fully saturated rings. The van der Waals surface area contributed by atoms with Crippen molar-refractivity contribution in [3.05, 3.63) is 87.7 Å². The highest BCUT2D eigenvalue weighted by Gasteiger charge is 2.17. The fourth-order valence-corrected chi connectivity index (χ4v) is 5.47. The van der Waals surface area contributed by atoms with Crippen LogP contribution in [0.4, 0.5) is 10.8 Å². The number of nitrogens with zero attached hydrogens (tertiary/aromatic N) is 3. The maximum Gasteiger partial charge on any atom is 0.210 e. The summed E-state index contributed by atoms with van der Waals surface area (Å²) in [6.45, 7) is 6.94. The molecule has 2 heterocycles. The Hall–Kier alpha value is -2.61. The highest BCUT2D eigenvalue weighted by atomic mass is 35.5. The zero-order valence-corrected chi connectivity index (χ0v) is 21.2. The van der Waals surface area contributed by atoms with Crippen LogP contribution in [0.25, 0.3) is 0 Å². The van der Waals surface area contributed by atoms with Gasteiger partial charge >= 0.3 is 0 Å². The smallest absolute Gasteiger partial charge is 0.210 e. The first-order valence-corrected chi connectivity index (χ1v) is 12.8. The van der Waals surface area contributed by atoms with Crippen LogP contribution in [0.3, 0.4) is 0 Å². The number of rotatable bonds is 9. The van der Waals surface area contributed by atoms with Crippen LogP contribution in [0.5, 0.6) is 0 Å². The summed E-state index contributed by atoms with van der Waals surface area (Å²) in [6, 6.07) is 18.0. The lowest BCUT2D eigenvalue weighted by molar-refractivity contribution is 0.102. The molecule has 33 heavy (non-hydrogen) atoms. The number of carbonyl (C=O) groups excluding carboxylic acids is 1. The summed E-state index contributed by atoms with van der Waals surface area (Å²) < 4.78 is 2.98. The van der Waals surface area contributed by atoms with E-state index in [1.807, 2.05) is 69.3 Å². The first-order chi connectivity index (χ1) is 15.9. The van der Waals surface area contributed by atoms with Gasteiger partial charge in [0.15, 0.2) is 10.1 Å². The normalized spacial score (nSPS) is 11.0. The lowest BCUT2D eigenvalue weighted by Gasteiger charge is -2.10. The van der Waals surface area contributed by atoms with Crippen LogP contribution in [-0.2, 0) is 13.0 Å². The molecular weight excluding hydrogens is 472 g/mol. The van der Waals surface area contributed by atoms with Crippen LogP contribution in [0.15, 0.2) is 58.9 Å². The van der Waals surface area contributed by atoms with Gasteiger partial charge in [0.05, 0.1) is 5.75 Å². The second kappa shape index (κ2) is 10.5. The van der Waals surface area contributed by atoms with E-state index < -0.39 is 0 Å². The summed E-state index contributed by atoms with van der Waals surface area (Å²) in [5.41, 5.74) is 6.25. The summed E-state index contributed by atoms with van der Waals surface area (Å²) in [4.78, 5) is 12.9. The number of aryl methyl sites for hydroxylation is 3. The molecule has 0 spiro atoms. The highest BCUT2D eigenvalue weighted by molar-refractivity contribution is 8.01. The molecule has 2 aromatic carbocycles. The van der Waals surface area contributed by atoms with Crippen LogP contribution in [-0.4, -0.2) is 26.3 Å². The van der Waals surface area contributed by atoms with Crippen LogP contribution in [0, 0.1) is 20.8 Å². The molecule has 0 aliphatic rings. The molecule has 0 amide bonds. The summed E-state index contributed by atoms with van der Waals surface area (Å²) in [5.74, 6) is 0.440. The molecule has 5 nitrogen and oxygen atoms in total. The number of hydrogen-bond acceptors (Lipinski definition) is 6. The monoisotopic (exact) mass is 496 g/mol. The third-order valence-electron chi connectivity index (χ3n) is 5.41. The average molecular weight is 497 g/mol. The Bertz CT molecular complexity index is 1260. The van der Waals surface area contributed by atoms with Crippen molar-refractivity contribution in [2.75, 3.05) is 11.1 Å². The first kappa shape index (κ1) is 23.5. The predicted octanol–water partition coefficient (Wildman–Crippen LogP) is 6.88. The van der Waals surface area contributed by atoms with Crippen molar-refractivity contribution in [3.8, 4) is 0 Å². The van der Waals surface area contributed by atoms with Crippen molar-refractivity contribution >= 4 is 51.3 Å². The number of carbonyl (C=O) groups is 1. The number of halogens is 1. The van der Waals surface area contributed by atoms with Crippen molar-refractivity contribution in [1.29, 1.82) is 0 Å². The number of thioether (sulfide) groups is 1. The number of Topliss-reactive ketones (excluding diaryl/α,β-unsaturated/α-hetero) is 1. The molecule has 0 unspecified atom stereocenters. The van der Waals surface area contributed by atoms with Gasteiger partial charge in [-0.15, -0.1) is 10.2 Å². The summed E-state index contributed by atoms with van der Waals surface area (Å²) in [7, 11) is 0. The number of anilines is 2. The van der Waals surface area contributed by atoms with Gasteiger partial charge < -0.3 is 9.88 Å². The van der Waals surface area contributed by atoms with Gasteiger partial charge in [0.25, 0.3) is 0 Å². The zero-order chi connectivity index (χ0) is 23.4. The summed E-state index contributed by atoms with van der Waals surface area (Å²) in [6.07, 6.45) is 0.886. The van der Waals surface area contributed by atoms with Crippen LogP contribution >= 0.6 is 34.7 Å². The van der Waals surface area contributed by atoms with E-state index in [0.29, 0.717) is 5.75 Å².